The Kier molecular flexibility index (Phi) is 5.44. The zero-order valence-electron chi connectivity index (χ0n) is 13.3. The van der Waals surface area contributed by atoms with E-state index >= 15 is 0 Å². The average molecular weight is 282 g/mol. The number of likely N-dealkylation sites (N-methyl/N-ethyl adjacent to an activating group) is 1. The Morgan fingerprint density at radius 2 is 1.95 bits per heavy atom. The number of nitrogens with zero attached hydrogens (tertiary/aromatic N) is 1. The highest BCUT2D eigenvalue weighted by Crippen LogP contribution is 2.43. The van der Waals surface area contributed by atoms with E-state index < -0.39 is 5.54 Å². The lowest BCUT2D eigenvalue weighted by atomic mass is 9.91. The molecule has 2 fully saturated rings. The molecule has 116 valence electrons. The number of hydrogen-bond donors (Lipinski definition) is 1. The molecule has 1 unspecified atom stereocenters. The predicted molar refractivity (Wildman–Crippen MR) is 80.7 cm³/mol. The Labute approximate surface area is 123 Å². The number of hydrogen-bond acceptors (Lipinski definition) is 4. The minimum atomic E-state index is -0.456. The van der Waals surface area contributed by atoms with Gasteiger partial charge in [0.1, 0.15) is 5.54 Å². The molecule has 0 spiro atoms. The topological polar surface area (TPSA) is 41.6 Å². The summed E-state index contributed by atoms with van der Waals surface area (Å²) >= 11 is 0. The zero-order valence-corrected chi connectivity index (χ0v) is 13.3. The van der Waals surface area contributed by atoms with Crippen LogP contribution in [0.1, 0.15) is 52.9 Å². The third-order valence-corrected chi connectivity index (χ3v) is 4.41. The predicted octanol–water partition coefficient (Wildman–Crippen LogP) is 2.18. The van der Waals surface area contributed by atoms with Crippen LogP contribution in [-0.4, -0.2) is 48.7 Å². The Hall–Kier alpha value is -0.610. The van der Waals surface area contributed by atoms with E-state index in [1.807, 2.05) is 6.92 Å². The van der Waals surface area contributed by atoms with E-state index in [1.54, 1.807) is 0 Å². The van der Waals surface area contributed by atoms with Crippen molar-refractivity contribution in [1.82, 2.24) is 10.2 Å². The van der Waals surface area contributed by atoms with Crippen LogP contribution >= 0.6 is 0 Å². The van der Waals surface area contributed by atoms with E-state index in [1.165, 1.54) is 12.8 Å². The van der Waals surface area contributed by atoms with Gasteiger partial charge in [0.25, 0.3) is 0 Å². The van der Waals surface area contributed by atoms with Gasteiger partial charge in [0.15, 0.2) is 0 Å². The third-order valence-electron chi connectivity index (χ3n) is 4.41. The fourth-order valence-corrected chi connectivity index (χ4v) is 3.03. The van der Waals surface area contributed by atoms with Gasteiger partial charge in [-0.2, -0.15) is 0 Å². The zero-order chi connectivity index (χ0) is 14.6. The van der Waals surface area contributed by atoms with Gasteiger partial charge in [0.2, 0.25) is 0 Å². The minimum absolute atomic E-state index is 0.0241. The highest BCUT2D eigenvalue weighted by atomic mass is 16.5. The van der Waals surface area contributed by atoms with Crippen LogP contribution in [0.25, 0.3) is 0 Å². The Morgan fingerprint density at radius 1 is 1.25 bits per heavy atom. The summed E-state index contributed by atoms with van der Waals surface area (Å²) in [6, 6.07) is 0.528. The van der Waals surface area contributed by atoms with Gasteiger partial charge in [-0.15, -0.1) is 0 Å². The summed E-state index contributed by atoms with van der Waals surface area (Å²) in [7, 11) is 0. The van der Waals surface area contributed by atoms with Gasteiger partial charge in [-0.1, -0.05) is 13.8 Å². The van der Waals surface area contributed by atoms with Crippen molar-refractivity contribution in [2.45, 2.75) is 64.5 Å². The van der Waals surface area contributed by atoms with Gasteiger partial charge in [0, 0.05) is 12.6 Å². The molecule has 0 bridgehead atoms. The van der Waals surface area contributed by atoms with Crippen molar-refractivity contribution in [1.29, 1.82) is 0 Å². The summed E-state index contributed by atoms with van der Waals surface area (Å²) in [5, 5.41) is 3.66. The molecule has 4 heteroatoms. The van der Waals surface area contributed by atoms with Gasteiger partial charge in [0.05, 0.1) is 6.61 Å². The second-order valence-corrected chi connectivity index (χ2v) is 6.25. The lowest BCUT2D eigenvalue weighted by molar-refractivity contribution is -0.153. The van der Waals surface area contributed by atoms with E-state index in [9.17, 15) is 4.79 Å². The maximum Gasteiger partial charge on any atom is 0.327 e. The van der Waals surface area contributed by atoms with Crippen molar-refractivity contribution in [3.05, 3.63) is 0 Å². The molecule has 20 heavy (non-hydrogen) atoms. The number of rotatable bonds is 10. The van der Waals surface area contributed by atoms with Crippen LogP contribution in [0.3, 0.4) is 0 Å². The molecule has 0 aromatic heterocycles. The summed E-state index contributed by atoms with van der Waals surface area (Å²) in [4.78, 5) is 15.0. The van der Waals surface area contributed by atoms with Crippen molar-refractivity contribution in [2.75, 3.05) is 26.2 Å². The van der Waals surface area contributed by atoms with Crippen LogP contribution in [0.15, 0.2) is 0 Å². The SMILES string of the molecule is CCCN(CC)CC(NC1CC1)(C(=O)OCC)C1CC1. The van der Waals surface area contributed by atoms with Crippen molar-refractivity contribution in [2.24, 2.45) is 5.92 Å². The molecule has 0 heterocycles. The van der Waals surface area contributed by atoms with E-state index in [-0.39, 0.29) is 5.97 Å². The fraction of sp³-hybridized carbons (Fsp3) is 0.938. The van der Waals surface area contributed by atoms with Crippen molar-refractivity contribution < 1.29 is 9.53 Å². The van der Waals surface area contributed by atoms with Gasteiger partial charge >= 0.3 is 5.97 Å². The summed E-state index contributed by atoms with van der Waals surface area (Å²) in [5.41, 5.74) is -0.456. The molecule has 0 saturated heterocycles. The maximum atomic E-state index is 12.7. The average Bonchev–Trinajstić information content (AvgIpc) is 3.28. The van der Waals surface area contributed by atoms with Crippen LogP contribution in [0.5, 0.6) is 0 Å². The first-order valence-corrected chi connectivity index (χ1v) is 8.33. The second-order valence-electron chi connectivity index (χ2n) is 6.25. The van der Waals surface area contributed by atoms with Crippen LogP contribution in [0.2, 0.25) is 0 Å². The number of ether oxygens (including phenoxy) is 1. The molecule has 0 amide bonds. The third kappa shape index (κ3) is 3.73. The number of carbonyl (C=O) groups excluding carboxylic acids is 1. The summed E-state index contributed by atoms with van der Waals surface area (Å²) in [6.45, 7) is 9.59. The summed E-state index contributed by atoms with van der Waals surface area (Å²) < 4.78 is 5.43. The van der Waals surface area contributed by atoms with E-state index in [4.69, 9.17) is 4.74 Å². The van der Waals surface area contributed by atoms with Crippen molar-refractivity contribution in [3.63, 3.8) is 0 Å². The number of esters is 1. The van der Waals surface area contributed by atoms with Crippen LogP contribution in [-0.2, 0) is 9.53 Å². The summed E-state index contributed by atoms with van der Waals surface area (Å²) in [6.07, 6.45) is 5.84. The highest BCUT2D eigenvalue weighted by Gasteiger charge is 2.54. The van der Waals surface area contributed by atoms with Crippen LogP contribution in [0, 0.1) is 5.92 Å². The maximum absolute atomic E-state index is 12.7. The Balaban J connectivity index is 2.12. The molecule has 2 saturated carbocycles. The normalized spacial score (nSPS) is 21.8. The first kappa shape index (κ1) is 15.8. The quantitative estimate of drug-likeness (QED) is 0.624. The van der Waals surface area contributed by atoms with Crippen LogP contribution < -0.4 is 5.32 Å². The molecular weight excluding hydrogens is 252 g/mol. The molecule has 0 radical (unpaired) electrons. The minimum Gasteiger partial charge on any atom is -0.465 e. The first-order valence-electron chi connectivity index (χ1n) is 8.33. The first-order chi connectivity index (χ1) is 9.66. The standard InChI is InChI=1S/C16H30N2O2/c1-4-11-18(5-2)12-16(13-7-8-13,15(19)20-6-3)17-14-9-10-14/h13-14,17H,4-12H2,1-3H3. The highest BCUT2D eigenvalue weighted by molar-refractivity contribution is 5.82. The van der Waals surface area contributed by atoms with E-state index in [0.717, 1.165) is 38.9 Å². The summed E-state index contributed by atoms with van der Waals surface area (Å²) in [5.74, 6) is 0.442. The smallest absolute Gasteiger partial charge is 0.327 e. The molecular formula is C16H30N2O2. The lowest BCUT2D eigenvalue weighted by Gasteiger charge is -2.37. The largest absolute Gasteiger partial charge is 0.465 e. The van der Waals surface area contributed by atoms with Crippen LogP contribution in [0.4, 0.5) is 0 Å². The van der Waals surface area contributed by atoms with Gasteiger partial charge < -0.3 is 9.64 Å². The fourth-order valence-electron chi connectivity index (χ4n) is 3.03. The van der Waals surface area contributed by atoms with E-state index in [0.29, 0.717) is 18.6 Å². The molecule has 0 aromatic carbocycles. The molecule has 1 N–H and O–H groups in total. The number of nitrogens with one attached hydrogen (secondary N) is 1. The number of carbonyl (C=O) groups is 1. The lowest BCUT2D eigenvalue weighted by Crippen LogP contribution is -2.62. The molecule has 2 aliphatic rings. The van der Waals surface area contributed by atoms with Crippen molar-refractivity contribution in [3.8, 4) is 0 Å². The molecule has 2 rings (SSSR count). The molecule has 0 aliphatic heterocycles. The second kappa shape index (κ2) is 6.90. The van der Waals surface area contributed by atoms with Crippen molar-refractivity contribution >= 4 is 5.97 Å². The Morgan fingerprint density at radius 3 is 2.40 bits per heavy atom. The molecule has 4 nitrogen and oxygen atoms in total. The monoisotopic (exact) mass is 282 g/mol. The van der Waals surface area contributed by atoms with Gasteiger partial charge in [-0.25, -0.2) is 4.79 Å². The van der Waals surface area contributed by atoms with E-state index in [2.05, 4.69) is 24.1 Å². The van der Waals surface area contributed by atoms with Gasteiger partial charge in [-0.05, 0) is 58.0 Å². The molecule has 0 aromatic rings. The molecule has 1 atom stereocenters. The van der Waals surface area contributed by atoms with Gasteiger partial charge in [-0.3, -0.25) is 5.32 Å². The molecule has 2 aliphatic carbocycles. The Bertz CT molecular complexity index is 326.